The second kappa shape index (κ2) is 8.97. The molecule has 0 aromatic heterocycles. The topological polar surface area (TPSA) is 122 Å². The Kier molecular flexibility index (Phi) is 6.27. The third kappa shape index (κ3) is 4.82. The van der Waals surface area contributed by atoms with E-state index in [1.54, 1.807) is 4.90 Å². The Hall–Kier alpha value is -2.82. The Morgan fingerprint density at radius 1 is 1.16 bits per heavy atom. The summed E-state index contributed by atoms with van der Waals surface area (Å²) in [4.78, 5) is 40.4. The lowest BCUT2D eigenvalue weighted by Gasteiger charge is -2.27. The molecule has 4 rings (SSSR count). The summed E-state index contributed by atoms with van der Waals surface area (Å²) in [5.41, 5.74) is 0.920. The summed E-state index contributed by atoms with van der Waals surface area (Å²) in [5.74, 6) is 0.220. The highest BCUT2D eigenvalue weighted by molar-refractivity contribution is 7.90. The largest absolute Gasteiger partial charge is 0.490 e. The Morgan fingerprint density at radius 3 is 2.66 bits per heavy atom. The molecular weight excluding hydrogens is 438 g/mol. The highest BCUT2D eigenvalue weighted by Crippen LogP contribution is 2.38. The molecule has 0 bridgehead atoms. The number of carbonyl (C=O) groups is 3. The molecule has 174 valence electrons. The number of nitrogens with zero attached hydrogens (tertiary/aromatic N) is 2. The average molecular weight is 466 g/mol. The lowest BCUT2D eigenvalue weighted by atomic mass is 10.0. The molecule has 2 atom stereocenters. The van der Waals surface area contributed by atoms with E-state index in [9.17, 15) is 22.8 Å². The van der Waals surface area contributed by atoms with Gasteiger partial charge in [-0.2, -0.15) is 0 Å². The van der Waals surface area contributed by atoms with Crippen molar-refractivity contribution in [3.63, 3.8) is 0 Å². The van der Waals surface area contributed by atoms with Crippen LogP contribution in [0.3, 0.4) is 0 Å². The third-order valence-corrected chi connectivity index (χ3v) is 6.88. The summed E-state index contributed by atoms with van der Waals surface area (Å²) in [6.45, 7) is 1.31. The van der Waals surface area contributed by atoms with Crippen LogP contribution in [0.15, 0.2) is 18.2 Å². The predicted octanol–water partition coefficient (Wildman–Crippen LogP) is 0.866. The van der Waals surface area contributed by atoms with Crippen LogP contribution in [-0.4, -0.2) is 80.4 Å². The normalized spacial score (nSPS) is 23.3. The number of fused-ring (bicyclic) bond motifs is 1. The van der Waals surface area contributed by atoms with Crippen molar-refractivity contribution in [3.8, 4) is 11.5 Å². The Bertz CT molecular complexity index is 1030. The molecule has 2 saturated heterocycles. The van der Waals surface area contributed by atoms with Crippen molar-refractivity contribution in [1.82, 2.24) is 15.1 Å². The fourth-order valence-electron chi connectivity index (χ4n) is 4.28. The lowest BCUT2D eigenvalue weighted by Crippen LogP contribution is -2.43. The fraction of sp³-hybridized carbons (Fsp3) is 0.571. The summed E-state index contributed by atoms with van der Waals surface area (Å²) in [7, 11) is -3.27. The van der Waals surface area contributed by atoms with E-state index in [-0.39, 0.29) is 30.7 Å². The van der Waals surface area contributed by atoms with Gasteiger partial charge in [0, 0.05) is 19.2 Å². The third-order valence-electron chi connectivity index (χ3n) is 5.91. The quantitative estimate of drug-likeness (QED) is 0.619. The zero-order valence-electron chi connectivity index (χ0n) is 17.9. The molecule has 10 nitrogen and oxygen atoms in total. The monoisotopic (exact) mass is 465 g/mol. The minimum atomic E-state index is -3.27. The van der Waals surface area contributed by atoms with E-state index >= 15 is 0 Å². The van der Waals surface area contributed by atoms with E-state index in [2.05, 4.69) is 5.32 Å². The SMILES string of the molecule is CS(=O)(=O)CCC1NC(=O)N(CC(=O)N2CCCC2c2ccc3c(c2)OCCCO3)C1=O. The molecule has 2 fully saturated rings. The van der Waals surface area contributed by atoms with Crippen molar-refractivity contribution in [3.05, 3.63) is 23.8 Å². The summed E-state index contributed by atoms with van der Waals surface area (Å²) in [5, 5.41) is 2.48. The summed E-state index contributed by atoms with van der Waals surface area (Å²) in [6.07, 6.45) is 3.43. The van der Waals surface area contributed by atoms with E-state index in [0.29, 0.717) is 31.3 Å². The maximum atomic E-state index is 13.0. The van der Waals surface area contributed by atoms with Gasteiger partial charge in [-0.25, -0.2) is 13.2 Å². The van der Waals surface area contributed by atoms with Crippen molar-refractivity contribution in [2.24, 2.45) is 0 Å². The number of rotatable bonds is 6. The Morgan fingerprint density at radius 2 is 1.91 bits per heavy atom. The molecule has 1 aromatic rings. The van der Waals surface area contributed by atoms with Crippen LogP contribution in [0, 0.1) is 0 Å². The van der Waals surface area contributed by atoms with Gasteiger partial charge in [0.2, 0.25) is 5.91 Å². The van der Waals surface area contributed by atoms with Crippen LogP contribution < -0.4 is 14.8 Å². The number of hydrogen-bond acceptors (Lipinski definition) is 7. The van der Waals surface area contributed by atoms with Crippen molar-refractivity contribution >= 4 is 27.7 Å². The summed E-state index contributed by atoms with van der Waals surface area (Å²) < 4.78 is 34.2. The van der Waals surface area contributed by atoms with Gasteiger partial charge in [0.15, 0.2) is 11.5 Å². The smallest absolute Gasteiger partial charge is 0.325 e. The van der Waals surface area contributed by atoms with Crippen LogP contribution >= 0.6 is 0 Å². The number of ether oxygens (including phenoxy) is 2. The highest BCUT2D eigenvalue weighted by Gasteiger charge is 2.41. The van der Waals surface area contributed by atoms with Crippen molar-refractivity contribution in [1.29, 1.82) is 0 Å². The second-order valence-corrected chi connectivity index (χ2v) is 10.6. The number of nitrogens with one attached hydrogen (secondary N) is 1. The number of benzene rings is 1. The van der Waals surface area contributed by atoms with Crippen molar-refractivity contribution < 1.29 is 32.3 Å². The van der Waals surface area contributed by atoms with Gasteiger partial charge in [-0.05, 0) is 37.0 Å². The van der Waals surface area contributed by atoms with Crippen molar-refractivity contribution in [2.45, 2.75) is 37.8 Å². The number of amides is 4. The number of likely N-dealkylation sites (tertiary alicyclic amines) is 1. The fourth-order valence-corrected chi connectivity index (χ4v) is 4.94. The first-order valence-electron chi connectivity index (χ1n) is 10.7. The van der Waals surface area contributed by atoms with Gasteiger partial charge in [-0.1, -0.05) is 6.07 Å². The van der Waals surface area contributed by atoms with Crippen LogP contribution in [0.25, 0.3) is 0 Å². The Balaban J connectivity index is 1.43. The number of urea groups is 1. The molecule has 0 saturated carbocycles. The predicted molar refractivity (Wildman–Crippen MR) is 114 cm³/mol. The molecule has 3 heterocycles. The molecule has 32 heavy (non-hydrogen) atoms. The molecule has 11 heteroatoms. The molecule has 1 N–H and O–H groups in total. The van der Waals surface area contributed by atoms with E-state index < -0.39 is 27.8 Å². The van der Waals surface area contributed by atoms with E-state index in [4.69, 9.17) is 9.47 Å². The minimum absolute atomic E-state index is 0.0162. The van der Waals surface area contributed by atoms with Gasteiger partial charge in [-0.15, -0.1) is 0 Å². The maximum absolute atomic E-state index is 13.0. The Labute approximate surface area is 186 Å². The first kappa shape index (κ1) is 22.4. The van der Waals surface area contributed by atoms with Gasteiger partial charge in [0.05, 0.1) is 25.0 Å². The average Bonchev–Trinajstić information content (AvgIpc) is 3.24. The molecule has 3 aliphatic rings. The van der Waals surface area contributed by atoms with E-state index in [1.807, 2.05) is 18.2 Å². The van der Waals surface area contributed by atoms with Crippen LogP contribution in [0.4, 0.5) is 4.79 Å². The van der Waals surface area contributed by atoms with E-state index in [1.165, 1.54) is 0 Å². The van der Waals surface area contributed by atoms with Gasteiger partial charge in [-0.3, -0.25) is 14.5 Å². The lowest BCUT2D eigenvalue weighted by molar-refractivity contribution is -0.138. The molecule has 0 radical (unpaired) electrons. The zero-order chi connectivity index (χ0) is 22.9. The number of imide groups is 1. The van der Waals surface area contributed by atoms with Crippen LogP contribution in [0.1, 0.15) is 37.3 Å². The second-order valence-electron chi connectivity index (χ2n) is 8.35. The summed E-state index contributed by atoms with van der Waals surface area (Å²) in [6, 6.07) is 3.88. The molecular formula is C21H27N3O7S. The molecule has 4 amide bonds. The molecule has 3 aliphatic heterocycles. The van der Waals surface area contributed by atoms with Gasteiger partial charge in [0.25, 0.3) is 5.91 Å². The standard InChI is InChI=1S/C21H27N3O7S/c1-32(28,29)11-7-15-20(26)24(21(27)22-15)13-19(25)23-8-2-4-16(23)14-5-6-17-18(12-14)31-10-3-9-30-17/h5-6,12,15-16H,2-4,7-11,13H2,1H3,(H,22,27). The van der Waals surface area contributed by atoms with Gasteiger partial charge in [0.1, 0.15) is 22.4 Å². The van der Waals surface area contributed by atoms with Gasteiger partial charge < -0.3 is 19.7 Å². The number of sulfone groups is 1. The highest BCUT2D eigenvalue weighted by atomic mass is 32.2. The van der Waals surface area contributed by atoms with Crippen molar-refractivity contribution in [2.75, 3.05) is 38.3 Å². The molecule has 2 unspecified atom stereocenters. The van der Waals surface area contributed by atoms with Crippen LogP contribution in [-0.2, 0) is 19.4 Å². The van der Waals surface area contributed by atoms with Crippen LogP contribution in [0.5, 0.6) is 11.5 Å². The maximum Gasteiger partial charge on any atom is 0.325 e. The number of carbonyl (C=O) groups excluding carboxylic acids is 3. The van der Waals surface area contributed by atoms with Crippen LogP contribution in [0.2, 0.25) is 0 Å². The van der Waals surface area contributed by atoms with Gasteiger partial charge >= 0.3 is 6.03 Å². The number of hydrogen-bond donors (Lipinski definition) is 1. The zero-order valence-corrected chi connectivity index (χ0v) is 18.7. The first-order chi connectivity index (χ1) is 15.2. The van der Waals surface area contributed by atoms with E-state index in [0.717, 1.165) is 36.0 Å². The molecule has 1 aromatic carbocycles. The molecule has 0 spiro atoms. The first-order valence-corrected chi connectivity index (χ1v) is 12.8. The summed E-state index contributed by atoms with van der Waals surface area (Å²) >= 11 is 0. The molecule has 0 aliphatic carbocycles. The minimum Gasteiger partial charge on any atom is -0.490 e.